The summed E-state index contributed by atoms with van der Waals surface area (Å²) in [6.07, 6.45) is 3.58. The van der Waals surface area contributed by atoms with Gasteiger partial charge < -0.3 is 10.4 Å². The maximum atomic E-state index is 9.13. The number of hydrogen-bond donors (Lipinski definition) is 2. The molecular weight excluding hydrogens is 162 g/mol. The summed E-state index contributed by atoms with van der Waals surface area (Å²) in [7, 11) is 0. The van der Waals surface area contributed by atoms with Crippen molar-refractivity contribution in [3.8, 4) is 0 Å². The van der Waals surface area contributed by atoms with Gasteiger partial charge in [0, 0.05) is 12.6 Å². The minimum atomic E-state index is 0.349. The van der Waals surface area contributed by atoms with E-state index in [1.54, 1.807) is 0 Å². The van der Waals surface area contributed by atoms with E-state index in [1.165, 1.54) is 12.8 Å². The van der Waals surface area contributed by atoms with E-state index in [0.717, 1.165) is 13.0 Å². The molecule has 2 heteroatoms. The maximum Gasteiger partial charge on any atom is 0.0474 e. The number of aliphatic hydroxyl groups is 1. The Kier molecular flexibility index (Phi) is 3.74. The molecule has 0 saturated carbocycles. The second kappa shape index (κ2) is 4.43. The Hall–Kier alpha value is -0.0800. The molecule has 0 radical (unpaired) electrons. The van der Waals surface area contributed by atoms with Crippen LogP contribution in [-0.2, 0) is 0 Å². The Morgan fingerprint density at radius 2 is 2.08 bits per heavy atom. The van der Waals surface area contributed by atoms with Gasteiger partial charge >= 0.3 is 0 Å². The van der Waals surface area contributed by atoms with E-state index < -0.39 is 0 Å². The molecule has 1 aliphatic heterocycles. The average molecular weight is 185 g/mol. The standard InChI is InChI=1S/C11H23NO/c1-11(2,3)6-4-10-9(8-13)5-7-12-10/h9-10,12-13H,4-8H2,1-3H3. The quantitative estimate of drug-likeness (QED) is 0.702. The normalized spacial score (nSPS) is 29.5. The van der Waals surface area contributed by atoms with Crippen LogP contribution in [0, 0.1) is 11.3 Å². The number of aliphatic hydroxyl groups excluding tert-OH is 1. The molecule has 1 heterocycles. The van der Waals surface area contributed by atoms with Crippen molar-refractivity contribution >= 4 is 0 Å². The molecule has 1 saturated heterocycles. The van der Waals surface area contributed by atoms with E-state index in [9.17, 15) is 0 Å². The van der Waals surface area contributed by atoms with Gasteiger partial charge in [-0.05, 0) is 37.1 Å². The summed E-state index contributed by atoms with van der Waals surface area (Å²) in [6.45, 7) is 8.25. The Bertz CT molecular complexity index is 151. The van der Waals surface area contributed by atoms with Crippen LogP contribution in [0.5, 0.6) is 0 Å². The first kappa shape index (κ1) is 11.0. The number of nitrogens with one attached hydrogen (secondary N) is 1. The highest BCUT2D eigenvalue weighted by Gasteiger charge is 2.26. The first-order valence-corrected chi connectivity index (χ1v) is 5.37. The van der Waals surface area contributed by atoms with Gasteiger partial charge in [0.15, 0.2) is 0 Å². The topological polar surface area (TPSA) is 32.3 Å². The Labute approximate surface area is 81.7 Å². The third kappa shape index (κ3) is 3.65. The second-order valence-electron chi connectivity index (χ2n) is 5.39. The number of hydrogen-bond acceptors (Lipinski definition) is 2. The van der Waals surface area contributed by atoms with Crippen LogP contribution in [0.4, 0.5) is 0 Å². The zero-order valence-corrected chi connectivity index (χ0v) is 9.14. The van der Waals surface area contributed by atoms with Crippen LogP contribution in [0.25, 0.3) is 0 Å². The third-order valence-corrected chi connectivity index (χ3v) is 2.93. The van der Waals surface area contributed by atoms with Crippen molar-refractivity contribution in [2.24, 2.45) is 11.3 Å². The highest BCUT2D eigenvalue weighted by Crippen LogP contribution is 2.26. The minimum absolute atomic E-state index is 0.349. The average Bonchev–Trinajstić information content (AvgIpc) is 2.46. The maximum absolute atomic E-state index is 9.13. The highest BCUT2D eigenvalue weighted by molar-refractivity contribution is 4.84. The molecule has 1 aliphatic rings. The minimum Gasteiger partial charge on any atom is -0.396 e. The van der Waals surface area contributed by atoms with Gasteiger partial charge in [0.1, 0.15) is 0 Å². The zero-order valence-electron chi connectivity index (χ0n) is 9.14. The van der Waals surface area contributed by atoms with Crippen LogP contribution in [-0.4, -0.2) is 24.3 Å². The van der Waals surface area contributed by atoms with Crippen LogP contribution in [0.3, 0.4) is 0 Å². The van der Waals surface area contributed by atoms with Crippen LogP contribution in [0.15, 0.2) is 0 Å². The van der Waals surface area contributed by atoms with Gasteiger partial charge in [-0.3, -0.25) is 0 Å². The molecule has 0 aromatic rings. The van der Waals surface area contributed by atoms with Crippen molar-refractivity contribution in [1.29, 1.82) is 0 Å². The van der Waals surface area contributed by atoms with E-state index in [2.05, 4.69) is 26.1 Å². The Morgan fingerprint density at radius 1 is 1.38 bits per heavy atom. The molecule has 1 fully saturated rings. The molecule has 13 heavy (non-hydrogen) atoms. The molecule has 2 atom stereocenters. The summed E-state index contributed by atoms with van der Waals surface area (Å²) in [5, 5.41) is 12.6. The Balaban J connectivity index is 2.28. The van der Waals surface area contributed by atoms with E-state index in [0.29, 0.717) is 24.0 Å². The Morgan fingerprint density at radius 3 is 2.62 bits per heavy atom. The highest BCUT2D eigenvalue weighted by atomic mass is 16.3. The first-order valence-electron chi connectivity index (χ1n) is 5.37. The van der Waals surface area contributed by atoms with Crippen molar-refractivity contribution in [2.45, 2.75) is 46.1 Å². The van der Waals surface area contributed by atoms with Gasteiger partial charge in [0.2, 0.25) is 0 Å². The molecular formula is C11H23NO. The third-order valence-electron chi connectivity index (χ3n) is 2.93. The van der Waals surface area contributed by atoms with Crippen LogP contribution in [0.1, 0.15) is 40.0 Å². The van der Waals surface area contributed by atoms with Gasteiger partial charge in [-0.1, -0.05) is 20.8 Å². The van der Waals surface area contributed by atoms with Crippen molar-refractivity contribution in [2.75, 3.05) is 13.2 Å². The molecule has 1 rings (SSSR count). The largest absolute Gasteiger partial charge is 0.396 e. The van der Waals surface area contributed by atoms with E-state index in [-0.39, 0.29) is 0 Å². The molecule has 0 bridgehead atoms. The van der Waals surface area contributed by atoms with Crippen LogP contribution < -0.4 is 5.32 Å². The summed E-state index contributed by atoms with van der Waals surface area (Å²) < 4.78 is 0. The van der Waals surface area contributed by atoms with Gasteiger partial charge in [0.25, 0.3) is 0 Å². The van der Waals surface area contributed by atoms with Crippen molar-refractivity contribution in [3.63, 3.8) is 0 Å². The lowest BCUT2D eigenvalue weighted by Gasteiger charge is -2.23. The zero-order chi connectivity index (χ0) is 9.90. The monoisotopic (exact) mass is 185 g/mol. The summed E-state index contributed by atoms with van der Waals surface area (Å²) in [4.78, 5) is 0. The molecule has 0 aromatic heterocycles. The fraction of sp³-hybridized carbons (Fsp3) is 1.00. The van der Waals surface area contributed by atoms with Gasteiger partial charge in [-0.15, -0.1) is 0 Å². The second-order valence-corrected chi connectivity index (χ2v) is 5.39. The number of rotatable bonds is 3. The molecule has 78 valence electrons. The summed E-state index contributed by atoms with van der Waals surface area (Å²) in [6, 6.07) is 0.559. The van der Waals surface area contributed by atoms with Crippen LogP contribution >= 0.6 is 0 Å². The van der Waals surface area contributed by atoms with Crippen LogP contribution in [0.2, 0.25) is 0 Å². The molecule has 2 unspecified atom stereocenters. The van der Waals surface area contributed by atoms with Crippen molar-refractivity contribution in [1.82, 2.24) is 5.32 Å². The predicted octanol–water partition coefficient (Wildman–Crippen LogP) is 1.78. The SMILES string of the molecule is CC(C)(C)CCC1NCCC1CO. The molecule has 2 N–H and O–H groups in total. The van der Waals surface area contributed by atoms with E-state index in [4.69, 9.17) is 5.11 Å². The first-order chi connectivity index (χ1) is 6.03. The molecule has 0 aliphatic carbocycles. The lowest BCUT2D eigenvalue weighted by atomic mass is 9.86. The van der Waals surface area contributed by atoms with Crippen molar-refractivity contribution < 1.29 is 5.11 Å². The summed E-state index contributed by atoms with van der Waals surface area (Å²) in [5.74, 6) is 0.502. The van der Waals surface area contributed by atoms with Gasteiger partial charge in [-0.25, -0.2) is 0 Å². The molecule has 0 spiro atoms. The smallest absolute Gasteiger partial charge is 0.0474 e. The van der Waals surface area contributed by atoms with Crippen molar-refractivity contribution in [3.05, 3.63) is 0 Å². The fourth-order valence-corrected chi connectivity index (χ4v) is 1.97. The lowest BCUT2D eigenvalue weighted by Crippen LogP contribution is -2.29. The van der Waals surface area contributed by atoms with E-state index >= 15 is 0 Å². The lowest BCUT2D eigenvalue weighted by molar-refractivity contribution is 0.201. The molecule has 0 aromatic carbocycles. The molecule has 2 nitrogen and oxygen atoms in total. The summed E-state index contributed by atoms with van der Waals surface area (Å²) in [5.41, 5.74) is 0.421. The van der Waals surface area contributed by atoms with Gasteiger partial charge in [-0.2, -0.15) is 0 Å². The van der Waals surface area contributed by atoms with E-state index in [1.807, 2.05) is 0 Å². The predicted molar refractivity (Wildman–Crippen MR) is 55.7 cm³/mol. The van der Waals surface area contributed by atoms with Gasteiger partial charge in [0.05, 0.1) is 0 Å². The molecule has 0 amide bonds. The fourth-order valence-electron chi connectivity index (χ4n) is 1.97. The summed E-state index contributed by atoms with van der Waals surface area (Å²) >= 11 is 0.